The summed E-state index contributed by atoms with van der Waals surface area (Å²) in [5.41, 5.74) is 1.89. The van der Waals surface area contributed by atoms with Crippen LogP contribution in [-0.2, 0) is 9.47 Å². The third-order valence-corrected chi connectivity index (χ3v) is 8.51. The number of anilines is 3. The Kier molecular flexibility index (Phi) is 7.97. The highest BCUT2D eigenvalue weighted by molar-refractivity contribution is 6.31. The van der Waals surface area contributed by atoms with Gasteiger partial charge >= 0.3 is 0 Å². The van der Waals surface area contributed by atoms with E-state index < -0.39 is 18.3 Å². The summed E-state index contributed by atoms with van der Waals surface area (Å²) in [6.07, 6.45) is 2.01. The number of piperidine rings is 1. The molecule has 0 radical (unpaired) electrons. The van der Waals surface area contributed by atoms with Crippen LogP contribution in [0.4, 0.5) is 17.3 Å². The molecule has 4 atom stereocenters. The minimum atomic E-state index is -0.650. The van der Waals surface area contributed by atoms with E-state index in [-0.39, 0.29) is 23.6 Å². The normalized spacial score (nSPS) is 28.5. The van der Waals surface area contributed by atoms with Crippen LogP contribution in [0.1, 0.15) is 12.8 Å². The van der Waals surface area contributed by atoms with Crippen LogP contribution in [0, 0.1) is 0 Å². The van der Waals surface area contributed by atoms with Gasteiger partial charge in [0.2, 0.25) is 11.8 Å². The third kappa shape index (κ3) is 5.75. The molecular weight excluding hydrogens is 524 g/mol. The molecule has 212 valence electrons. The maximum Gasteiger partial charge on any atom is 0.237 e. The van der Waals surface area contributed by atoms with Gasteiger partial charge in [0.15, 0.2) is 6.10 Å². The van der Waals surface area contributed by atoms with Gasteiger partial charge in [-0.05, 0) is 32.0 Å². The average molecular weight is 561 g/mol. The molecule has 0 saturated carbocycles. The summed E-state index contributed by atoms with van der Waals surface area (Å²) >= 11 is 6.33. The van der Waals surface area contributed by atoms with Crippen LogP contribution in [0.25, 0.3) is 0 Å². The topological polar surface area (TPSA) is 105 Å². The molecular formula is C27H37ClN6O5. The maximum atomic E-state index is 9.98. The number of piperazine rings is 1. The predicted molar refractivity (Wildman–Crippen MR) is 148 cm³/mol. The number of ether oxygens (including phenoxy) is 4. The van der Waals surface area contributed by atoms with Crippen LogP contribution in [0.5, 0.6) is 11.6 Å². The van der Waals surface area contributed by atoms with Crippen molar-refractivity contribution in [3.8, 4) is 11.6 Å². The Balaban J connectivity index is 1.09. The molecule has 4 saturated heterocycles. The molecule has 2 N–H and O–H groups in total. The molecule has 11 nitrogen and oxygen atoms in total. The second kappa shape index (κ2) is 11.6. The van der Waals surface area contributed by atoms with Crippen molar-refractivity contribution in [1.29, 1.82) is 0 Å². The number of benzene rings is 1. The van der Waals surface area contributed by atoms with Crippen LogP contribution in [0.15, 0.2) is 24.4 Å². The van der Waals surface area contributed by atoms with Gasteiger partial charge in [-0.2, -0.15) is 4.98 Å². The summed E-state index contributed by atoms with van der Waals surface area (Å²) < 4.78 is 23.1. The number of fused-ring (bicyclic) bond motifs is 1. The lowest BCUT2D eigenvalue weighted by Gasteiger charge is -2.42. The monoisotopic (exact) mass is 560 g/mol. The Morgan fingerprint density at radius 2 is 1.82 bits per heavy atom. The van der Waals surface area contributed by atoms with Gasteiger partial charge in [0.05, 0.1) is 32.2 Å². The maximum absolute atomic E-state index is 9.98. The van der Waals surface area contributed by atoms with E-state index in [1.165, 1.54) is 6.20 Å². The molecule has 39 heavy (non-hydrogen) atoms. The summed E-state index contributed by atoms with van der Waals surface area (Å²) in [5.74, 6) is 1.38. The van der Waals surface area contributed by atoms with Gasteiger partial charge in [-0.3, -0.25) is 4.90 Å². The molecule has 12 heteroatoms. The summed E-state index contributed by atoms with van der Waals surface area (Å²) in [6, 6.07) is 6.71. The van der Waals surface area contributed by atoms with Gasteiger partial charge in [-0.1, -0.05) is 11.6 Å². The van der Waals surface area contributed by atoms with Gasteiger partial charge in [-0.15, -0.1) is 0 Å². The third-order valence-electron chi connectivity index (χ3n) is 8.25. The van der Waals surface area contributed by atoms with Crippen molar-refractivity contribution < 1.29 is 24.1 Å². The first kappa shape index (κ1) is 26.8. The number of methoxy groups -OCH3 is 1. The lowest BCUT2D eigenvalue weighted by molar-refractivity contribution is 0.00782. The van der Waals surface area contributed by atoms with E-state index in [1.54, 1.807) is 7.11 Å². The van der Waals surface area contributed by atoms with Crippen LogP contribution < -0.4 is 19.7 Å². The van der Waals surface area contributed by atoms with Crippen molar-refractivity contribution in [3.63, 3.8) is 0 Å². The molecule has 4 aliphatic heterocycles. The first-order valence-corrected chi connectivity index (χ1v) is 14.1. The number of aromatic nitrogens is 2. The summed E-state index contributed by atoms with van der Waals surface area (Å²) in [7, 11) is 3.90. The number of aliphatic hydroxyl groups is 1. The molecule has 4 fully saturated rings. The van der Waals surface area contributed by atoms with Gasteiger partial charge < -0.3 is 39.2 Å². The van der Waals surface area contributed by atoms with E-state index in [1.807, 2.05) is 12.1 Å². The Bertz CT molecular complexity index is 1140. The number of halogens is 1. The van der Waals surface area contributed by atoms with Crippen molar-refractivity contribution in [2.75, 3.05) is 76.9 Å². The van der Waals surface area contributed by atoms with E-state index in [9.17, 15) is 5.11 Å². The lowest BCUT2D eigenvalue weighted by atomic mass is 10.0. The predicted octanol–water partition coefficient (Wildman–Crippen LogP) is 2.00. The van der Waals surface area contributed by atoms with E-state index >= 15 is 0 Å². The molecule has 0 amide bonds. The highest BCUT2D eigenvalue weighted by atomic mass is 35.5. The van der Waals surface area contributed by atoms with Gasteiger partial charge in [-0.25, -0.2) is 4.98 Å². The van der Waals surface area contributed by atoms with Crippen LogP contribution >= 0.6 is 11.6 Å². The number of nitrogens with one attached hydrogen (secondary N) is 1. The molecule has 0 bridgehead atoms. The largest absolute Gasteiger partial charge is 0.495 e. The zero-order chi connectivity index (χ0) is 26.9. The molecule has 4 aliphatic rings. The van der Waals surface area contributed by atoms with Crippen molar-refractivity contribution in [3.05, 3.63) is 29.4 Å². The van der Waals surface area contributed by atoms with E-state index in [4.69, 9.17) is 30.5 Å². The lowest BCUT2D eigenvalue weighted by Crippen LogP contribution is -2.52. The van der Waals surface area contributed by atoms with E-state index in [0.717, 1.165) is 69.2 Å². The van der Waals surface area contributed by atoms with Crippen molar-refractivity contribution >= 4 is 28.9 Å². The number of hydrogen-bond donors (Lipinski definition) is 2. The van der Waals surface area contributed by atoms with Gasteiger partial charge in [0.25, 0.3) is 0 Å². The second-order valence-electron chi connectivity index (χ2n) is 10.7. The highest BCUT2D eigenvalue weighted by Gasteiger charge is 2.48. The van der Waals surface area contributed by atoms with Crippen LogP contribution in [0.2, 0.25) is 5.02 Å². The number of rotatable bonds is 7. The van der Waals surface area contributed by atoms with Gasteiger partial charge in [0, 0.05) is 57.1 Å². The van der Waals surface area contributed by atoms with Crippen LogP contribution in [-0.4, -0.2) is 122 Å². The number of likely N-dealkylation sites (N-methyl/N-ethyl adjacent to an activating group) is 1. The molecule has 1 aromatic carbocycles. The molecule has 6 rings (SSSR count). The van der Waals surface area contributed by atoms with Gasteiger partial charge in [0.1, 0.15) is 29.1 Å². The Morgan fingerprint density at radius 1 is 1.05 bits per heavy atom. The van der Waals surface area contributed by atoms with Crippen molar-refractivity contribution in [2.45, 2.75) is 43.3 Å². The Labute approximate surface area is 233 Å². The number of aliphatic hydroxyl groups excluding tert-OH is 1. The molecule has 0 unspecified atom stereocenters. The zero-order valence-corrected chi connectivity index (χ0v) is 23.2. The summed E-state index contributed by atoms with van der Waals surface area (Å²) in [5, 5.41) is 13.5. The molecule has 2 aromatic rings. The summed E-state index contributed by atoms with van der Waals surface area (Å²) in [4.78, 5) is 16.3. The van der Waals surface area contributed by atoms with E-state index in [2.05, 4.69) is 43.1 Å². The van der Waals surface area contributed by atoms with Crippen LogP contribution in [0.3, 0.4) is 0 Å². The fourth-order valence-electron chi connectivity index (χ4n) is 5.99. The standard InChI is InChI=1S/C27H37ClN6O5/c1-32-9-11-33(12-10-32)18-5-7-34(8-6-18)20-4-3-17(13-22(20)36-2)30-27-29-14-19(28)26(31-27)39-23-16-38-24-21(35)15-37-25(23)24/h3-4,13-14,18,21,23-25,35H,5-12,15-16H2,1-2H3,(H,29,30,31)/t21-,23-,24-,25-/m1/s1. The van der Waals surface area contributed by atoms with Crippen molar-refractivity contribution in [1.82, 2.24) is 19.8 Å². The second-order valence-corrected chi connectivity index (χ2v) is 11.1. The first-order chi connectivity index (χ1) is 19.0. The average Bonchev–Trinajstić information content (AvgIpc) is 3.53. The molecule has 0 aliphatic carbocycles. The minimum absolute atomic E-state index is 0.228. The minimum Gasteiger partial charge on any atom is -0.495 e. The number of nitrogens with zero attached hydrogens (tertiary/aromatic N) is 5. The number of hydrogen-bond acceptors (Lipinski definition) is 11. The fourth-order valence-corrected chi connectivity index (χ4v) is 6.12. The Hall–Kier alpha value is -2.41. The summed E-state index contributed by atoms with van der Waals surface area (Å²) in [6.45, 7) is 7.17. The quantitative estimate of drug-likeness (QED) is 0.519. The molecule has 5 heterocycles. The Morgan fingerprint density at radius 3 is 2.59 bits per heavy atom. The molecule has 1 aromatic heterocycles. The molecule has 0 spiro atoms. The SMILES string of the molecule is COc1cc(Nc2ncc(Cl)c(O[C@@H]3CO[C@H]4[C@@H]3OC[C@H]4O)n2)ccc1N1CCC(N2CCN(C)CC2)CC1. The van der Waals surface area contributed by atoms with Crippen molar-refractivity contribution in [2.24, 2.45) is 0 Å². The smallest absolute Gasteiger partial charge is 0.237 e. The fraction of sp³-hybridized carbons (Fsp3) is 0.630. The van der Waals surface area contributed by atoms with E-state index in [0.29, 0.717) is 18.6 Å². The zero-order valence-electron chi connectivity index (χ0n) is 22.5. The highest BCUT2D eigenvalue weighted by Crippen LogP contribution is 2.35. The first-order valence-electron chi connectivity index (χ1n) is 13.7.